The van der Waals surface area contributed by atoms with Crippen LogP contribution in [0.2, 0.25) is 0 Å². The summed E-state index contributed by atoms with van der Waals surface area (Å²) < 4.78 is 38.2. The topological polar surface area (TPSA) is 131 Å². The van der Waals surface area contributed by atoms with Crippen molar-refractivity contribution in [1.82, 2.24) is 25.1 Å². The number of anilines is 4. The summed E-state index contributed by atoms with van der Waals surface area (Å²) in [7, 11) is -3.81. The molecule has 9 nitrogen and oxygen atoms in total. The second kappa shape index (κ2) is 6.78. The van der Waals surface area contributed by atoms with Crippen LogP contribution in [0.1, 0.15) is 5.56 Å². The van der Waals surface area contributed by atoms with E-state index in [4.69, 9.17) is 5.73 Å². The fourth-order valence-corrected chi connectivity index (χ4v) is 3.64. The molecule has 0 aliphatic carbocycles. The van der Waals surface area contributed by atoms with Crippen molar-refractivity contribution in [2.45, 2.75) is 11.8 Å². The van der Waals surface area contributed by atoms with Crippen molar-refractivity contribution >= 4 is 44.1 Å². The standard InChI is InChI=1S/C18H16FN7O2S/c1-10-7-12-16(22-9-10)24-25-17(12)26(18-21-6-5-15(20)23-18)11-3-4-13(19)14(8-11)29(2,27)28/h3-9H,1-2H3,(H2,20,21,23)(H,22,24,25). The lowest BCUT2D eigenvalue weighted by molar-refractivity contribution is 0.571. The van der Waals surface area contributed by atoms with Gasteiger partial charge in [0, 0.05) is 18.6 Å². The first-order valence-corrected chi connectivity index (χ1v) is 10.3. The molecule has 4 aromatic rings. The molecule has 29 heavy (non-hydrogen) atoms. The number of fused-ring (bicyclic) bond motifs is 1. The van der Waals surface area contributed by atoms with Crippen LogP contribution in [0.15, 0.2) is 47.6 Å². The Morgan fingerprint density at radius 1 is 1.17 bits per heavy atom. The number of hydrogen-bond donors (Lipinski definition) is 2. The molecule has 0 aliphatic heterocycles. The summed E-state index contributed by atoms with van der Waals surface area (Å²) in [5.74, 6) is -0.132. The second-order valence-electron chi connectivity index (χ2n) is 6.46. The number of benzene rings is 1. The van der Waals surface area contributed by atoms with Crippen LogP contribution in [-0.2, 0) is 9.84 Å². The zero-order valence-corrected chi connectivity index (χ0v) is 16.3. The molecule has 11 heteroatoms. The van der Waals surface area contributed by atoms with Crippen LogP contribution in [0.4, 0.5) is 27.7 Å². The van der Waals surface area contributed by atoms with Crippen LogP contribution in [0.25, 0.3) is 11.0 Å². The van der Waals surface area contributed by atoms with Gasteiger partial charge in [0.1, 0.15) is 16.5 Å². The van der Waals surface area contributed by atoms with Gasteiger partial charge in [-0.1, -0.05) is 0 Å². The van der Waals surface area contributed by atoms with Crippen molar-refractivity contribution in [2.75, 3.05) is 16.9 Å². The Balaban J connectivity index is 2.01. The minimum absolute atomic E-state index is 0.144. The van der Waals surface area contributed by atoms with Crippen molar-refractivity contribution in [2.24, 2.45) is 0 Å². The molecule has 0 radical (unpaired) electrons. The summed E-state index contributed by atoms with van der Waals surface area (Å²) in [6.07, 6.45) is 4.09. The third kappa shape index (κ3) is 3.47. The average Bonchev–Trinajstić information content (AvgIpc) is 3.05. The van der Waals surface area contributed by atoms with Gasteiger partial charge < -0.3 is 5.73 Å². The van der Waals surface area contributed by atoms with Crippen molar-refractivity contribution < 1.29 is 12.8 Å². The van der Waals surface area contributed by atoms with E-state index in [0.29, 0.717) is 22.5 Å². The molecule has 0 unspecified atom stereocenters. The third-order valence-corrected chi connectivity index (χ3v) is 5.29. The van der Waals surface area contributed by atoms with Gasteiger partial charge in [-0.15, -0.1) is 0 Å². The van der Waals surface area contributed by atoms with Crippen LogP contribution in [-0.4, -0.2) is 39.8 Å². The minimum atomic E-state index is -3.81. The molecular formula is C18H16FN7O2S. The first kappa shape index (κ1) is 18.7. The second-order valence-corrected chi connectivity index (χ2v) is 8.44. The van der Waals surface area contributed by atoms with Crippen LogP contribution < -0.4 is 10.6 Å². The van der Waals surface area contributed by atoms with E-state index in [1.807, 2.05) is 13.0 Å². The Hall–Kier alpha value is -3.60. The molecule has 0 aliphatic rings. The van der Waals surface area contributed by atoms with Crippen LogP contribution >= 0.6 is 0 Å². The number of nitrogens with two attached hydrogens (primary N) is 1. The predicted molar refractivity (Wildman–Crippen MR) is 106 cm³/mol. The summed E-state index contributed by atoms with van der Waals surface area (Å²) >= 11 is 0. The number of pyridine rings is 1. The van der Waals surface area contributed by atoms with E-state index in [1.54, 1.807) is 6.20 Å². The molecule has 0 amide bonds. The van der Waals surface area contributed by atoms with Crippen molar-refractivity contribution in [1.29, 1.82) is 0 Å². The molecule has 0 bridgehead atoms. The predicted octanol–water partition coefficient (Wildman–Crippen LogP) is 2.65. The third-order valence-electron chi connectivity index (χ3n) is 4.18. The van der Waals surface area contributed by atoms with Crippen molar-refractivity contribution in [3.63, 3.8) is 0 Å². The molecule has 3 N–H and O–H groups in total. The summed E-state index contributed by atoms with van der Waals surface area (Å²) in [5, 5.41) is 7.79. The van der Waals surface area contributed by atoms with E-state index in [9.17, 15) is 12.8 Å². The van der Waals surface area contributed by atoms with Gasteiger partial charge in [-0.05, 0) is 42.8 Å². The number of sulfone groups is 1. The van der Waals surface area contributed by atoms with Gasteiger partial charge in [-0.2, -0.15) is 10.1 Å². The van der Waals surface area contributed by atoms with Crippen LogP contribution in [0, 0.1) is 12.7 Å². The van der Waals surface area contributed by atoms with Crippen molar-refractivity contribution in [3.05, 3.63) is 54.1 Å². The van der Waals surface area contributed by atoms with E-state index in [1.165, 1.54) is 29.3 Å². The lowest BCUT2D eigenvalue weighted by Gasteiger charge is -2.21. The SMILES string of the molecule is Cc1cnc2[nH]nc(N(c3ccc(F)c(S(C)(=O)=O)c3)c3nccc(N)n3)c2c1. The van der Waals surface area contributed by atoms with Crippen LogP contribution in [0.5, 0.6) is 0 Å². The molecular weight excluding hydrogens is 397 g/mol. The summed E-state index contributed by atoms with van der Waals surface area (Å²) in [5.41, 5.74) is 7.52. The molecule has 4 rings (SSSR count). The number of aromatic nitrogens is 5. The fraction of sp³-hybridized carbons (Fsp3) is 0.111. The lowest BCUT2D eigenvalue weighted by Crippen LogP contribution is -2.16. The number of aromatic amines is 1. The maximum Gasteiger partial charge on any atom is 0.237 e. The number of aryl methyl sites for hydroxylation is 1. The zero-order chi connectivity index (χ0) is 20.8. The van der Waals surface area contributed by atoms with Gasteiger partial charge in [0.15, 0.2) is 21.3 Å². The molecule has 0 atom stereocenters. The van der Waals surface area contributed by atoms with E-state index < -0.39 is 20.5 Å². The molecule has 1 aromatic carbocycles. The highest BCUT2D eigenvalue weighted by Crippen LogP contribution is 2.36. The molecule has 148 valence electrons. The monoisotopic (exact) mass is 413 g/mol. The van der Waals surface area contributed by atoms with Crippen LogP contribution in [0.3, 0.4) is 0 Å². The Labute approximate surface area is 165 Å². The Morgan fingerprint density at radius 2 is 1.97 bits per heavy atom. The number of halogens is 1. The highest BCUT2D eigenvalue weighted by atomic mass is 32.2. The Morgan fingerprint density at radius 3 is 2.69 bits per heavy atom. The number of H-pyrrole nitrogens is 1. The number of hydrogen-bond acceptors (Lipinski definition) is 8. The van der Waals surface area contributed by atoms with Gasteiger partial charge in [0.05, 0.1) is 11.1 Å². The Bertz CT molecular complexity index is 1340. The molecule has 0 saturated carbocycles. The number of nitrogen functional groups attached to an aromatic ring is 1. The quantitative estimate of drug-likeness (QED) is 0.522. The lowest BCUT2D eigenvalue weighted by atomic mass is 10.2. The van der Waals surface area contributed by atoms with Crippen molar-refractivity contribution in [3.8, 4) is 0 Å². The molecule has 0 spiro atoms. The summed E-state index contributed by atoms with van der Waals surface area (Å²) in [6.45, 7) is 1.88. The van der Waals surface area contributed by atoms with E-state index in [2.05, 4.69) is 25.1 Å². The zero-order valence-electron chi connectivity index (χ0n) is 15.5. The summed E-state index contributed by atoms with van der Waals surface area (Å²) in [6, 6.07) is 7.08. The average molecular weight is 413 g/mol. The normalized spacial score (nSPS) is 11.7. The van der Waals surface area contributed by atoms with Gasteiger partial charge >= 0.3 is 0 Å². The maximum atomic E-state index is 14.2. The Kier molecular flexibility index (Phi) is 4.38. The smallest absolute Gasteiger partial charge is 0.237 e. The number of nitrogens with one attached hydrogen (secondary N) is 1. The number of rotatable bonds is 4. The highest BCUT2D eigenvalue weighted by Gasteiger charge is 2.24. The first-order chi connectivity index (χ1) is 13.7. The molecule has 0 fully saturated rings. The minimum Gasteiger partial charge on any atom is -0.384 e. The molecule has 0 saturated heterocycles. The highest BCUT2D eigenvalue weighted by molar-refractivity contribution is 7.90. The fourth-order valence-electron chi connectivity index (χ4n) is 2.88. The summed E-state index contributed by atoms with van der Waals surface area (Å²) in [4.78, 5) is 13.8. The first-order valence-electron chi connectivity index (χ1n) is 8.43. The van der Waals surface area contributed by atoms with E-state index in [0.717, 1.165) is 17.9 Å². The van der Waals surface area contributed by atoms with Gasteiger partial charge in [-0.3, -0.25) is 10.00 Å². The number of nitrogens with zero attached hydrogens (tertiary/aromatic N) is 5. The molecule has 3 aromatic heterocycles. The maximum absolute atomic E-state index is 14.2. The van der Waals surface area contributed by atoms with Gasteiger partial charge in [0.25, 0.3) is 0 Å². The molecule has 3 heterocycles. The van der Waals surface area contributed by atoms with Gasteiger partial charge in [0.2, 0.25) is 5.95 Å². The van der Waals surface area contributed by atoms with Gasteiger partial charge in [-0.25, -0.2) is 22.8 Å². The van der Waals surface area contributed by atoms with E-state index in [-0.39, 0.29) is 11.8 Å². The van der Waals surface area contributed by atoms with E-state index >= 15 is 0 Å². The largest absolute Gasteiger partial charge is 0.384 e.